The molecule has 120 valence electrons. The van der Waals surface area contributed by atoms with Gasteiger partial charge in [0.25, 0.3) is 5.69 Å². The molecule has 0 bridgehead atoms. The molecule has 0 unspecified atom stereocenters. The van der Waals surface area contributed by atoms with E-state index in [2.05, 4.69) is 10.6 Å². The number of nitro benzene ring substituents is 1. The SMILES string of the molecule is COc1ccccc1N[C@H](C)C(=O)Nc1ccccc1[N+](=O)[O-]. The van der Waals surface area contributed by atoms with Crippen molar-refractivity contribution >= 4 is 23.0 Å². The molecule has 1 amide bonds. The van der Waals surface area contributed by atoms with Crippen LogP contribution >= 0.6 is 0 Å². The third-order valence-electron chi connectivity index (χ3n) is 3.23. The van der Waals surface area contributed by atoms with Gasteiger partial charge in [0.2, 0.25) is 5.91 Å². The van der Waals surface area contributed by atoms with E-state index in [4.69, 9.17) is 4.74 Å². The number of hydrogen-bond donors (Lipinski definition) is 2. The van der Waals surface area contributed by atoms with Gasteiger partial charge in [0, 0.05) is 6.07 Å². The Kier molecular flexibility index (Phi) is 5.14. The molecule has 0 saturated heterocycles. The fourth-order valence-electron chi connectivity index (χ4n) is 2.04. The van der Waals surface area contributed by atoms with Crippen molar-refractivity contribution in [2.24, 2.45) is 0 Å². The Labute approximate surface area is 133 Å². The van der Waals surface area contributed by atoms with Crippen LogP contribution in [-0.4, -0.2) is 24.0 Å². The zero-order valence-electron chi connectivity index (χ0n) is 12.8. The molecule has 23 heavy (non-hydrogen) atoms. The maximum Gasteiger partial charge on any atom is 0.292 e. The summed E-state index contributed by atoms with van der Waals surface area (Å²) in [5.74, 6) is 0.225. The largest absolute Gasteiger partial charge is 0.495 e. The Morgan fingerprint density at radius 2 is 1.74 bits per heavy atom. The van der Waals surface area contributed by atoms with Gasteiger partial charge < -0.3 is 15.4 Å². The molecule has 7 heteroatoms. The van der Waals surface area contributed by atoms with E-state index in [1.807, 2.05) is 12.1 Å². The molecule has 7 nitrogen and oxygen atoms in total. The molecule has 0 fully saturated rings. The summed E-state index contributed by atoms with van der Waals surface area (Å²) in [6.45, 7) is 1.66. The van der Waals surface area contributed by atoms with Crippen LogP contribution in [-0.2, 0) is 4.79 Å². The van der Waals surface area contributed by atoms with Crippen LogP contribution in [0.5, 0.6) is 5.75 Å². The first-order chi connectivity index (χ1) is 11.0. The van der Waals surface area contributed by atoms with Crippen LogP contribution in [0.3, 0.4) is 0 Å². The minimum atomic E-state index is -0.605. The zero-order chi connectivity index (χ0) is 16.8. The summed E-state index contributed by atoms with van der Waals surface area (Å²) in [5.41, 5.74) is 0.682. The highest BCUT2D eigenvalue weighted by molar-refractivity contribution is 5.98. The van der Waals surface area contributed by atoms with Gasteiger partial charge in [-0.1, -0.05) is 24.3 Å². The molecular formula is C16H17N3O4. The van der Waals surface area contributed by atoms with Crippen molar-refractivity contribution in [3.8, 4) is 5.75 Å². The number of amides is 1. The van der Waals surface area contributed by atoms with E-state index in [-0.39, 0.29) is 17.3 Å². The number of methoxy groups -OCH3 is 1. The average molecular weight is 315 g/mol. The first kappa shape index (κ1) is 16.3. The predicted octanol–water partition coefficient (Wildman–Crippen LogP) is 3.04. The Hall–Kier alpha value is -3.09. The number of carbonyl (C=O) groups excluding carboxylic acids is 1. The number of nitro groups is 1. The lowest BCUT2D eigenvalue weighted by Gasteiger charge is -2.17. The standard InChI is InChI=1S/C16H17N3O4/c1-11(17-13-8-4-6-10-15(13)23-2)16(20)18-12-7-3-5-9-14(12)19(21)22/h3-11,17H,1-2H3,(H,18,20)/t11-/m1/s1. The normalized spacial score (nSPS) is 11.4. The molecule has 0 aliphatic carbocycles. The number of ether oxygens (including phenoxy) is 1. The van der Waals surface area contributed by atoms with Crippen LogP contribution in [0.25, 0.3) is 0 Å². The smallest absolute Gasteiger partial charge is 0.292 e. The second kappa shape index (κ2) is 7.26. The van der Waals surface area contributed by atoms with Crippen molar-refractivity contribution in [2.45, 2.75) is 13.0 Å². The van der Waals surface area contributed by atoms with Crippen LogP contribution in [0.1, 0.15) is 6.92 Å². The fraction of sp³-hybridized carbons (Fsp3) is 0.188. The summed E-state index contributed by atoms with van der Waals surface area (Å²) in [4.78, 5) is 22.7. The molecule has 0 heterocycles. The molecule has 0 radical (unpaired) electrons. The highest BCUT2D eigenvalue weighted by Crippen LogP contribution is 2.25. The quantitative estimate of drug-likeness (QED) is 0.631. The van der Waals surface area contributed by atoms with E-state index in [0.717, 1.165) is 0 Å². The minimum Gasteiger partial charge on any atom is -0.495 e. The van der Waals surface area contributed by atoms with E-state index in [0.29, 0.717) is 11.4 Å². The fourth-order valence-corrected chi connectivity index (χ4v) is 2.04. The monoisotopic (exact) mass is 315 g/mol. The van der Waals surface area contributed by atoms with Gasteiger partial charge in [-0.15, -0.1) is 0 Å². The Morgan fingerprint density at radius 3 is 2.39 bits per heavy atom. The number of anilines is 2. The molecule has 1 atom stereocenters. The summed E-state index contributed by atoms with van der Waals surface area (Å²) in [5, 5.41) is 16.6. The van der Waals surface area contributed by atoms with Gasteiger partial charge in [-0.25, -0.2) is 0 Å². The van der Waals surface area contributed by atoms with Crippen LogP contribution in [0, 0.1) is 10.1 Å². The molecular weight excluding hydrogens is 298 g/mol. The van der Waals surface area contributed by atoms with Gasteiger partial charge in [0.15, 0.2) is 0 Å². The second-order valence-corrected chi connectivity index (χ2v) is 4.83. The van der Waals surface area contributed by atoms with Crippen LogP contribution in [0.2, 0.25) is 0 Å². The van der Waals surface area contributed by atoms with E-state index in [1.165, 1.54) is 12.1 Å². The average Bonchev–Trinajstić information content (AvgIpc) is 2.55. The number of benzene rings is 2. The van der Waals surface area contributed by atoms with Crippen LogP contribution < -0.4 is 15.4 Å². The van der Waals surface area contributed by atoms with E-state index in [9.17, 15) is 14.9 Å². The Balaban J connectivity index is 2.10. The number of nitrogens with one attached hydrogen (secondary N) is 2. The maximum absolute atomic E-state index is 12.3. The predicted molar refractivity (Wildman–Crippen MR) is 87.8 cm³/mol. The maximum atomic E-state index is 12.3. The molecule has 2 rings (SSSR count). The van der Waals surface area contributed by atoms with E-state index in [1.54, 1.807) is 38.3 Å². The van der Waals surface area contributed by atoms with Crippen LogP contribution in [0.15, 0.2) is 48.5 Å². The summed E-state index contributed by atoms with van der Waals surface area (Å²) in [7, 11) is 1.54. The van der Waals surface area contributed by atoms with E-state index < -0.39 is 11.0 Å². The number of rotatable bonds is 6. The number of para-hydroxylation sites is 4. The van der Waals surface area contributed by atoms with Crippen molar-refractivity contribution in [1.82, 2.24) is 0 Å². The molecule has 0 spiro atoms. The molecule has 0 aliphatic rings. The zero-order valence-corrected chi connectivity index (χ0v) is 12.8. The third-order valence-corrected chi connectivity index (χ3v) is 3.23. The lowest BCUT2D eigenvalue weighted by Crippen LogP contribution is -2.32. The lowest BCUT2D eigenvalue weighted by molar-refractivity contribution is -0.383. The van der Waals surface area contributed by atoms with Gasteiger partial charge in [0.1, 0.15) is 17.5 Å². The van der Waals surface area contributed by atoms with Crippen molar-refractivity contribution < 1.29 is 14.5 Å². The minimum absolute atomic E-state index is 0.148. The summed E-state index contributed by atoms with van der Waals surface area (Å²) in [6, 6.07) is 12.6. The van der Waals surface area contributed by atoms with Gasteiger partial charge in [-0.05, 0) is 25.1 Å². The molecule has 2 aromatic rings. The number of carbonyl (C=O) groups is 1. The van der Waals surface area contributed by atoms with Crippen molar-refractivity contribution in [1.29, 1.82) is 0 Å². The van der Waals surface area contributed by atoms with Crippen molar-refractivity contribution in [3.63, 3.8) is 0 Å². The summed E-state index contributed by atoms with van der Waals surface area (Å²) in [6.07, 6.45) is 0. The van der Waals surface area contributed by atoms with Crippen molar-refractivity contribution in [3.05, 3.63) is 58.6 Å². The molecule has 2 N–H and O–H groups in total. The lowest BCUT2D eigenvalue weighted by atomic mass is 10.2. The van der Waals surface area contributed by atoms with E-state index >= 15 is 0 Å². The van der Waals surface area contributed by atoms with Gasteiger partial charge >= 0.3 is 0 Å². The molecule has 2 aromatic carbocycles. The first-order valence-electron chi connectivity index (χ1n) is 6.96. The van der Waals surface area contributed by atoms with Crippen molar-refractivity contribution in [2.75, 3.05) is 17.7 Å². The number of hydrogen-bond acceptors (Lipinski definition) is 5. The van der Waals surface area contributed by atoms with Gasteiger partial charge in [0.05, 0.1) is 17.7 Å². The molecule has 0 aliphatic heterocycles. The number of nitrogens with zero attached hydrogens (tertiary/aromatic N) is 1. The topological polar surface area (TPSA) is 93.5 Å². The van der Waals surface area contributed by atoms with Crippen LogP contribution in [0.4, 0.5) is 17.1 Å². The van der Waals surface area contributed by atoms with Gasteiger partial charge in [-0.3, -0.25) is 14.9 Å². The first-order valence-corrected chi connectivity index (χ1v) is 6.96. The summed E-state index contributed by atoms with van der Waals surface area (Å²) < 4.78 is 5.21. The summed E-state index contributed by atoms with van der Waals surface area (Å²) >= 11 is 0. The molecule has 0 aromatic heterocycles. The third kappa shape index (κ3) is 3.97. The Morgan fingerprint density at radius 1 is 1.13 bits per heavy atom. The highest BCUT2D eigenvalue weighted by atomic mass is 16.6. The highest BCUT2D eigenvalue weighted by Gasteiger charge is 2.19. The Bertz CT molecular complexity index is 718. The van der Waals surface area contributed by atoms with Gasteiger partial charge in [-0.2, -0.15) is 0 Å². The molecule has 0 saturated carbocycles. The second-order valence-electron chi connectivity index (χ2n) is 4.83.